The second-order valence-corrected chi connectivity index (χ2v) is 8.80. The van der Waals surface area contributed by atoms with Crippen LogP contribution in [0.2, 0.25) is 0 Å². The lowest BCUT2D eigenvalue weighted by atomic mass is 10.1. The third kappa shape index (κ3) is 5.76. The van der Waals surface area contributed by atoms with E-state index in [9.17, 15) is 9.59 Å². The van der Waals surface area contributed by atoms with Gasteiger partial charge in [0.2, 0.25) is 0 Å². The summed E-state index contributed by atoms with van der Waals surface area (Å²) in [4.78, 5) is 29.2. The molecule has 6 heteroatoms. The van der Waals surface area contributed by atoms with E-state index in [0.29, 0.717) is 13.1 Å². The van der Waals surface area contributed by atoms with Gasteiger partial charge in [-0.1, -0.05) is 35.4 Å². The Morgan fingerprint density at radius 3 is 2.12 bits per heavy atom. The number of carbonyl (C=O) groups excluding carboxylic acids is 2. The van der Waals surface area contributed by atoms with Crippen LogP contribution in [0.15, 0.2) is 66.7 Å². The fraction of sp³-hybridized carbons (Fsp3) is 0.286. The molecule has 0 radical (unpaired) electrons. The Kier molecular flexibility index (Phi) is 7.16. The number of anilines is 2. The molecule has 0 unspecified atom stereocenters. The van der Waals surface area contributed by atoms with E-state index >= 15 is 0 Å². The van der Waals surface area contributed by atoms with E-state index in [-0.39, 0.29) is 18.4 Å². The van der Waals surface area contributed by atoms with Gasteiger partial charge in [0.05, 0.1) is 0 Å². The summed E-state index contributed by atoms with van der Waals surface area (Å²) in [6.45, 7) is 8.88. The number of hydrogen-bond donors (Lipinski definition) is 1. The van der Waals surface area contributed by atoms with Crippen LogP contribution >= 0.6 is 0 Å². The molecule has 4 rings (SSSR count). The molecule has 1 heterocycles. The Morgan fingerprint density at radius 2 is 1.47 bits per heavy atom. The molecule has 3 aromatic rings. The van der Waals surface area contributed by atoms with Crippen LogP contribution in [-0.2, 0) is 4.79 Å². The Hall–Kier alpha value is -3.80. The van der Waals surface area contributed by atoms with Gasteiger partial charge in [-0.25, -0.2) is 0 Å². The third-order valence-electron chi connectivity index (χ3n) is 6.07. The van der Waals surface area contributed by atoms with Crippen LogP contribution in [0.25, 0.3) is 0 Å². The largest absolute Gasteiger partial charge is 0.483 e. The van der Waals surface area contributed by atoms with Gasteiger partial charge in [-0.3, -0.25) is 9.59 Å². The highest BCUT2D eigenvalue weighted by atomic mass is 16.5. The number of nitrogens with zero attached hydrogens (tertiary/aromatic N) is 2. The molecule has 0 atom stereocenters. The van der Waals surface area contributed by atoms with Crippen LogP contribution < -0.4 is 15.0 Å². The topological polar surface area (TPSA) is 61.9 Å². The van der Waals surface area contributed by atoms with Crippen molar-refractivity contribution in [3.05, 3.63) is 89.0 Å². The van der Waals surface area contributed by atoms with Crippen molar-refractivity contribution in [2.75, 3.05) is 43.0 Å². The summed E-state index contributed by atoms with van der Waals surface area (Å²) in [7, 11) is 0. The van der Waals surface area contributed by atoms with E-state index in [1.165, 1.54) is 0 Å². The van der Waals surface area contributed by atoms with Crippen molar-refractivity contribution in [1.29, 1.82) is 0 Å². The molecule has 2 amide bonds. The molecule has 1 fully saturated rings. The first-order valence-corrected chi connectivity index (χ1v) is 11.6. The maximum Gasteiger partial charge on any atom is 0.262 e. The van der Waals surface area contributed by atoms with Gasteiger partial charge in [0.15, 0.2) is 6.61 Å². The zero-order chi connectivity index (χ0) is 24.1. The number of benzene rings is 3. The van der Waals surface area contributed by atoms with Gasteiger partial charge in [-0.15, -0.1) is 0 Å². The van der Waals surface area contributed by atoms with Gasteiger partial charge < -0.3 is 19.9 Å². The number of ether oxygens (including phenoxy) is 1. The molecule has 0 aromatic heterocycles. The maximum absolute atomic E-state index is 12.7. The number of amides is 2. The smallest absolute Gasteiger partial charge is 0.262 e. The van der Waals surface area contributed by atoms with Gasteiger partial charge in [0.1, 0.15) is 5.75 Å². The van der Waals surface area contributed by atoms with E-state index in [0.717, 1.165) is 52.5 Å². The van der Waals surface area contributed by atoms with Gasteiger partial charge in [0.25, 0.3) is 11.8 Å². The SMILES string of the molecule is Cc1ccc(C(=O)N2CCN(c3ccc(NC(=O)COc4ccc(C)cc4C)cc3)CC2)cc1. The van der Waals surface area contributed by atoms with Crippen molar-refractivity contribution in [3.8, 4) is 5.75 Å². The van der Waals surface area contributed by atoms with E-state index in [1.807, 2.05) is 92.4 Å². The molecule has 0 saturated carbocycles. The Morgan fingerprint density at radius 1 is 0.824 bits per heavy atom. The molecule has 1 N–H and O–H groups in total. The van der Waals surface area contributed by atoms with Crippen molar-refractivity contribution in [1.82, 2.24) is 4.90 Å². The number of aryl methyl sites for hydroxylation is 3. The minimum Gasteiger partial charge on any atom is -0.483 e. The molecule has 1 saturated heterocycles. The van der Waals surface area contributed by atoms with E-state index < -0.39 is 0 Å². The summed E-state index contributed by atoms with van der Waals surface area (Å²) in [5, 5.41) is 2.88. The van der Waals surface area contributed by atoms with Gasteiger partial charge in [0, 0.05) is 43.1 Å². The summed E-state index contributed by atoms with van der Waals surface area (Å²) >= 11 is 0. The monoisotopic (exact) mass is 457 g/mol. The molecule has 0 bridgehead atoms. The summed E-state index contributed by atoms with van der Waals surface area (Å²) in [6.07, 6.45) is 0. The molecule has 34 heavy (non-hydrogen) atoms. The lowest BCUT2D eigenvalue weighted by molar-refractivity contribution is -0.118. The van der Waals surface area contributed by atoms with Crippen molar-refractivity contribution in [3.63, 3.8) is 0 Å². The van der Waals surface area contributed by atoms with Crippen LogP contribution in [-0.4, -0.2) is 49.5 Å². The fourth-order valence-electron chi connectivity index (χ4n) is 4.10. The minimum absolute atomic E-state index is 0.0391. The van der Waals surface area contributed by atoms with E-state index in [2.05, 4.69) is 10.2 Å². The third-order valence-corrected chi connectivity index (χ3v) is 6.07. The lowest BCUT2D eigenvalue weighted by Crippen LogP contribution is -2.48. The maximum atomic E-state index is 12.7. The zero-order valence-electron chi connectivity index (χ0n) is 20.0. The van der Waals surface area contributed by atoms with Gasteiger partial charge in [-0.05, 0) is 68.8 Å². The van der Waals surface area contributed by atoms with E-state index in [1.54, 1.807) is 0 Å². The molecular weight excluding hydrogens is 426 g/mol. The molecule has 3 aromatic carbocycles. The number of piperazine rings is 1. The molecule has 1 aliphatic rings. The van der Waals surface area contributed by atoms with Crippen molar-refractivity contribution < 1.29 is 14.3 Å². The Bertz CT molecular complexity index is 1150. The highest BCUT2D eigenvalue weighted by molar-refractivity contribution is 5.94. The van der Waals surface area contributed by atoms with E-state index in [4.69, 9.17) is 4.74 Å². The summed E-state index contributed by atoms with van der Waals surface area (Å²) in [5.74, 6) is 0.604. The van der Waals surface area contributed by atoms with Crippen molar-refractivity contribution in [2.45, 2.75) is 20.8 Å². The second-order valence-electron chi connectivity index (χ2n) is 8.80. The average Bonchev–Trinajstić information content (AvgIpc) is 2.84. The first-order valence-electron chi connectivity index (χ1n) is 11.6. The average molecular weight is 458 g/mol. The number of rotatable bonds is 6. The normalized spacial score (nSPS) is 13.5. The van der Waals surface area contributed by atoms with Crippen LogP contribution in [0.4, 0.5) is 11.4 Å². The predicted octanol–water partition coefficient (Wildman–Crippen LogP) is 4.59. The number of nitrogens with one attached hydrogen (secondary N) is 1. The quantitative estimate of drug-likeness (QED) is 0.588. The van der Waals surface area contributed by atoms with Crippen molar-refractivity contribution >= 4 is 23.2 Å². The Balaban J connectivity index is 1.26. The highest BCUT2D eigenvalue weighted by Crippen LogP contribution is 2.21. The summed E-state index contributed by atoms with van der Waals surface area (Å²) in [5.41, 5.74) is 5.86. The second kappa shape index (κ2) is 10.4. The zero-order valence-corrected chi connectivity index (χ0v) is 20.0. The summed E-state index contributed by atoms with van der Waals surface area (Å²) < 4.78 is 5.66. The first kappa shape index (κ1) is 23.4. The standard InChI is InChI=1S/C28H31N3O3/c1-20-4-7-23(8-5-20)28(33)31-16-14-30(15-17-31)25-11-9-24(10-12-25)29-27(32)19-34-26-13-6-21(2)18-22(26)3/h4-13,18H,14-17,19H2,1-3H3,(H,29,32). The molecule has 1 aliphatic heterocycles. The molecule has 0 aliphatic carbocycles. The molecule has 0 spiro atoms. The lowest BCUT2D eigenvalue weighted by Gasteiger charge is -2.36. The number of carbonyl (C=O) groups is 2. The van der Waals surface area contributed by atoms with Gasteiger partial charge in [-0.2, -0.15) is 0 Å². The molecular formula is C28H31N3O3. The predicted molar refractivity (Wildman–Crippen MR) is 136 cm³/mol. The highest BCUT2D eigenvalue weighted by Gasteiger charge is 2.22. The summed E-state index contributed by atoms with van der Waals surface area (Å²) in [6, 6.07) is 21.4. The van der Waals surface area contributed by atoms with Crippen molar-refractivity contribution in [2.24, 2.45) is 0 Å². The van der Waals surface area contributed by atoms with Crippen LogP contribution in [0.5, 0.6) is 5.75 Å². The number of hydrogen-bond acceptors (Lipinski definition) is 4. The minimum atomic E-state index is -0.198. The molecule has 176 valence electrons. The van der Waals surface area contributed by atoms with Crippen LogP contribution in [0.3, 0.4) is 0 Å². The van der Waals surface area contributed by atoms with Crippen LogP contribution in [0.1, 0.15) is 27.0 Å². The molecule has 6 nitrogen and oxygen atoms in total. The van der Waals surface area contributed by atoms with Crippen LogP contribution in [0, 0.1) is 20.8 Å². The Labute approximate surface area is 201 Å². The fourth-order valence-corrected chi connectivity index (χ4v) is 4.10. The van der Waals surface area contributed by atoms with Gasteiger partial charge >= 0.3 is 0 Å². The first-order chi connectivity index (χ1) is 16.4.